The molecule has 0 atom stereocenters. The molecule has 1 aromatic carbocycles. The van der Waals surface area contributed by atoms with E-state index in [9.17, 15) is 18.0 Å². The number of ether oxygens (including phenoxy) is 1. The van der Waals surface area contributed by atoms with E-state index in [2.05, 4.69) is 10.1 Å². The van der Waals surface area contributed by atoms with Gasteiger partial charge in [0.2, 0.25) is 5.91 Å². The van der Waals surface area contributed by atoms with Crippen molar-refractivity contribution in [2.45, 2.75) is 39.1 Å². The van der Waals surface area contributed by atoms with Gasteiger partial charge in [-0.15, -0.1) is 13.2 Å². The predicted molar refractivity (Wildman–Crippen MR) is 64.5 cm³/mol. The van der Waals surface area contributed by atoms with Crippen molar-refractivity contribution < 1.29 is 22.7 Å². The highest BCUT2D eigenvalue weighted by Crippen LogP contribution is 2.23. The Hall–Kier alpha value is -1.72. The number of halogens is 3. The molecule has 0 aliphatic rings. The fourth-order valence-corrected chi connectivity index (χ4v) is 1.48. The molecular weight excluding hydrogens is 259 g/mol. The van der Waals surface area contributed by atoms with Crippen molar-refractivity contribution in [3.8, 4) is 5.75 Å². The molecule has 0 saturated heterocycles. The fraction of sp³-hybridized carbons (Fsp3) is 0.462. The van der Waals surface area contributed by atoms with Crippen LogP contribution in [0.25, 0.3) is 0 Å². The van der Waals surface area contributed by atoms with E-state index in [1.807, 2.05) is 6.92 Å². The zero-order valence-corrected chi connectivity index (χ0v) is 10.6. The molecule has 0 heterocycles. The zero-order valence-electron chi connectivity index (χ0n) is 10.6. The Morgan fingerprint density at radius 3 is 2.74 bits per heavy atom. The van der Waals surface area contributed by atoms with Crippen LogP contribution in [0.5, 0.6) is 5.75 Å². The topological polar surface area (TPSA) is 38.3 Å². The molecular formula is C13H16F3NO2. The van der Waals surface area contributed by atoms with Crippen molar-refractivity contribution in [3.63, 3.8) is 0 Å². The molecule has 0 spiro atoms. The molecule has 0 radical (unpaired) electrons. The number of amides is 1. The number of benzene rings is 1. The van der Waals surface area contributed by atoms with Crippen LogP contribution in [0.15, 0.2) is 24.3 Å². The molecule has 1 amide bonds. The highest BCUT2D eigenvalue weighted by atomic mass is 19.4. The van der Waals surface area contributed by atoms with Gasteiger partial charge in [-0.3, -0.25) is 4.79 Å². The summed E-state index contributed by atoms with van der Waals surface area (Å²) in [4.78, 5) is 11.4. The second-order valence-corrected chi connectivity index (χ2v) is 4.08. The lowest BCUT2D eigenvalue weighted by atomic mass is 10.2. The molecule has 0 fully saturated rings. The number of rotatable bonds is 6. The van der Waals surface area contributed by atoms with Crippen molar-refractivity contribution in [3.05, 3.63) is 29.8 Å². The second kappa shape index (κ2) is 7.01. The van der Waals surface area contributed by atoms with Gasteiger partial charge in [-0.1, -0.05) is 25.5 Å². The normalized spacial score (nSPS) is 11.2. The third-order valence-electron chi connectivity index (χ3n) is 2.38. The number of carbonyl (C=O) groups is 1. The molecule has 19 heavy (non-hydrogen) atoms. The smallest absolute Gasteiger partial charge is 0.406 e. The molecule has 3 nitrogen and oxygen atoms in total. The van der Waals surface area contributed by atoms with Gasteiger partial charge in [0.05, 0.1) is 0 Å². The summed E-state index contributed by atoms with van der Waals surface area (Å²) in [6, 6.07) is 5.56. The summed E-state index contributed by atoms with van der Waals surface area (Å²) < 4.78 is 39.9. The Morgan fingerprint density at radius 2 is 2.11 bits per heavy atom. The van der Waals surface area contributed by atoms with Crippen molar-refractivity contribution in [1.29, 1.82) is 0 Å². The Kier molecular flexibility index (Phi) is 5.66. The van der Waals surface area contributed by atoms with Gasteiger partial charge in [0, 0.05) is 13.0 Å². The first-order valence-corrected chi connectivity index (χ1v) is 6.02. The SMILES string of the molecule is CCCCC(=O)NCc1cccc(OC(F)(F)F)c1. The first kappa shape index (κ1) is 15.3. The monoisotopic (exact) mass is 275 g/mol. The quantitative estimate of drug-likeness (QED) is 0.864. The van der Waals surface area contributed by atoms with E-state index in [1.54, 1.807) is 6.07 Å². The summed E-state index contributed by atoms with van der Waals surface area (Å²) in [5, 5.41) is 2.65. The summed E-state index contributed by atoms with van der Waals surface area (Å²) in [6.07, 6.45) is -2.57. The lowest BCUT2D eigenvalue weighted by molar-refractivity contribution is -0.274. The van der Waals surface area contributed by atoms with Gasteiger partial charge in [-0.2, -0.15) is 0 Å². The Balaban J connectivity index is 2.50. The van der Waals surface area contributed by atoms with Crippen molar-refractivity contribution in [2.24, 2.45) is 0 Å². The summed E-state index contributed by atoms with van der Waals surface area (Å²) in [7, 11) is 0. The maximum atomic E-state index is 12.0. The Morgan fingerprint density at radius 1 is 1.37 bits per heavy atom. The highest BCUT2D eigenvalue weighted by Gasteiger charge is 2.31. The average molecular weight is 275 g/mol. The van der Waals surface area contributed by atoms with Crippen molar-refractivity contribution in [2.75, 3.05) is 0 Å². The summed E-state index contributed by atoms with van der Waals surface area (Å²) in [6.45, 7) is 2.17. The number of carbonyl (C=O) groups excluding carboxylic acids is 1. The van der Waals surface area contributed by atoms with Crippen LogP contribution in [0.2, 0.25) is 0 Å². The minimum absolute atomic E-state index is 0.107. The number of unbranched alkanes of at least 4 members (excludes halogenated alkanes) is 1. The molecule has 0 saturated carbocycles. The number of nitrogens with one attached hydrogen (secondary N) is 1. The van der Waals surface area contributed by atoms with Crippen LogP contribution in [-0.2, 0) is 11.3 Å². The van der Waals surface area contributed by atoms with Crippen LogP contribution < -0.4 is 10.1 Å². The molecule has 0 bridgehead atoms. The maximum absolute atomic E-state index is 12.0. The van der Waals surface area contributed by atoms with Crippen LogP contribution in [0.1, 0.15) is 31.7 Å². The van der Waals surface area contributed by atoms with Gasteiger partial charge < -0.3 is 10.1 Å². The van der Waals surface area contributed by atoms with Crippen molar-refractivity contribution in [1.82, 2.24) is 5.32 Å². The lowest BCUT2D eigenvalue weighted by Gasteiger charge is -2.10. The summed E-state index contributed by atoms with van der Waals surface area (Å²) in [5.74, 6) is -0.392. The van der Waals surface area contributed by atoms with Crippen LogP contribution in [-0.4, -0.2) is 12.3 Å². The van der Waals surface area contributed by atoms with Gasteiger partial charge in [0.15, 0.2) is 0 Å². The first-order chi connectivity index (χ1) is 8.90. The van der Waals surface area contributed by atoms with Crippen LogP contribution in [0, 0.1) is 0 Å². The van der Waals surface area contributed by atoms with E-state index in [1.165, 1.54) is 18.2 Å². The molecule has 106 valence electrons. The van der Waals surface area contributed by atoms with Gasteiger partial charge >= 0.3 is 6.36 Å². The molecule has 1 aromatic rings. The third kappa shape index (κ3) is 6.69. The van der Waals surface area contributed by atoms with Gasteiger partial charge in [0.25, 0.3) is 0 Å². The molecule has 1 N–H and O–H groups in total. The maximum Gasteiger partial charge on any atom is 0.573 e. The minimum Gasteiger partial charge on any atom is -0.406 e. The lowest BCUT2D eigenvalue weighted by Crippen LogP contribution is -2.22. The fourth-order valence-electron chi connectivity index (χ4n) is 1.48. The van der Waals surface area contributed by atoms with Gasteiger partial charge in [0.1, 0.15) is 5.75 Å². The predicted octanol–water partition coefficient (Wildman–Crippen LogP) is 3.39. The molecule has 0 aliphatic heterocycles. The summed E-state index contributed by atoms with van der Waals surface area (Å²) in [5.41, 5.74) is 0.562. The Labute approximate surface area is 109 Å². The first-order valence-electron chi connectivity index (χ1n) is 6.02. The standard InChI is InChI=1S/C13H16F3NO2/c1-2-3-7-12(18)17-9-10-5-4-6-11(8-10)19-13(14,15)16/h4-6,8H,2-3,7,9H2,1H3,(H,17,18). The number of hydrogen-bond acceptors (Lipinski definition) is 2. The number of hydrogen-bond donors (Lipinski definition) is 1. The third-order valence-corrected chi connectivity index (χ3v) is 2.38. The molecule has 0 aliphatic carbocycles. The van der Waals surface area contributed by atoms with Crippen molar-refractivity contribution >= 4 is 5.91 Å². The molecule has 0 unspecified atom stereocenters. The molecule has 1 rings (SSSR count). The largest absolute Gasteiger partial charge is 0.573 e. The molecule has 6 heteroatoms. The van der Waals surface area contributed by atoms with E-state index >= 15 is 0 Å². The van der Waals surface area contributed by atoms with Crippen LogP contribution >= 0.6 is 0 Å². The zero-order chi connectivity index (χ0) is 14.3. The average Bonchev–Trinajstić information content (AvgIpc) is 2.32. The van der Waals surface area contributed by atoms with Crippen LogP contribution in [0.3, 0.4) is 0 Å². The van der Waals surface area contributed by atoms with Gasteiger partial charge in [-0.05, 0) is 24.1 Å². The molecule has 0 aromatic heterocycles. The van der Waals surface area contributed by atoms with Crippen LogP contribution in [0.4, 0.5) is 13.2 Å². The highest BCUT2D eigenvalue weighted by molar-refractivity contribution is 5.75. The number of alkyl halides is 3. The van der Waals surface area contributed by atoms with E-state index in [0.717, 1.165) is 12.8 Å². The van der Waals surface area contributed by atoms with Gasteiger partial charge in [-0.25, -0.2) is 0 Å². The van der Waals surface area contributed by atoms with E-state index < -0.39 is 6.36 Å². The van der Waals surface area contributed by atoms with E-state index in [-0.39, 0.29) is 18.2 Å². The van der Waals surface area contributed by atoms with E-state index in [4.69, 9.17) is 0 Å². The second-order valence-electron chi connectivity index (χ2n) is 4.08. The minimum atomic E-state index is -4.71. The summed E-state index contributed by atoms with van der Waals surface area (Å²) >= 11 is 0. The van der Waals surface area contributed by atoms with E-state index in [0.29, 0.717) is 12.0 Å². The Bertz CT molecular complexity index is 419.